The fourth-order valence-electron chi connectivity index (χ4n) is 3.98. The molecule has 1 saturated heterocycles. The standard InChI is InChI=1S/C26H32N2O5/c1-16(2)33-21-10-8-7-9-20(21)23-22(25(30)26(31)28(23)14-13-27(4)5)24(29)19-12-11-18(32-6)15-17(19)3/h7-12,15-16,23,29H,13-14H2,1-6H3/b24-22-. The second-order valence-corrected chi connectivity index (χ2v) is 8.68. The number of hydrogen-bond donors (Lipinski definition) is 1. The first-order chi connectivity index (χ1) is 15.6. The molecule has 1 aliphatic heterocycles. The van der Waals surface area contributed by atoms with Crippen molar-refractivity contribution in [1.82, 2.24) is 9.80 Å². The SMILES string of the molecule is COc1ccc(/C(O)=C2/C(=O)C(=O)N(CCN(C)C)C2c2ccccc2OC(C)C)c(C)c1. The van der Waals surface area contributed by atoms with Crippen molar-refractivity contribution in [1.29, 1.82) is 0 Å². The van der Waals surface area contributed by atoms with E-state index in [-0.39, 0.29) is 17.4 Å². The van der Waals surface area contributed by atoms with E-state index in [9.17, 15) is 14.7 Å². The Labute approximate surface area is 195 Å². The lowest BCUT2D eigenvalue weighted by Crippen LogP contribution is -2.35. The first-order valence-electron chi connectivity index (χ1n) is 11.0. The van der Waals surface area contributed by atoms with Crippen LogP contribution in [0.15, 0.2) is 48.0 Å². The second kappa shape index (κ2) is 10.1. The molecule has 0 radical (unpaired) electrons. The minimum absolute atomic E-state index is 0.0619. The van der Waals surface area contributed by atoms with Crippen molar-refractivity contribution >= 4 is 17.4 Å². The van der Waals surface area contributed by atoms with Crippen LogP contribution >= 0.6 is 0 Å². The Morgan fingerprint density at radius 1 is 1.15 bits per heavy atom. The van der Waals surface area contributed by atoms with Crippen molar-refractivity contribution in [2.45, 2.75) is 32.9 Å². The lowest BCUT2D eigenvalue weighted by Gasteiger charge is -2.28. The van der Waals surface area contributed by atoms with Crippen molar-refractivity contribution in [3.8, 4) is 11.5 Å². The highest BCUT2D eigenvalue weighted by Crippen LogP contribution is 2.43. The highest BCUT2D eigenvalue weighted by atomic mass is 16.5. The largest absolute Gasteiger partial charge is 0.507 e. The molecule has 1 amide bonds. The number of nitrogens with zero attached hydrogens (tertiary/aromatic N) is 2. The molecule has 0 aromatic heterocycles. The molecule has 176 valence electrons. The van der Waals surface area contributed by atoms with Crippen molar-refractivity contribution in [2.24, 2.45) is 0 Å². The molecule has 3 rings (SSSR count). The summed E-state index contributed by atoms with van der Waals surface area (Å²) in [6.45, 7) is 6.56. The number of aryl methyl sites for hydroxylation is 1. The maximum absolute atomic E-state index is 13.2. The number of methoxy groups -OCH3 is 1. The van der Waals surface area contributed by atoms with Gasteiger partial charge in [-0.25, -0.2) is 0 Å². The Bertz CT molecular complexity index is 1070. The van der Waals surface area contributed by atoms with E-state index in [1.807, 2.05) is 64.0 Å². The summed E-state index contributed by atoms with van der Waals surface area (Å²) in [4.78, 5) is 29.8. The summed E-state index contributed by atoms with van der Waals surface area (Å²) in [5.41, 5.74) is 1.94. The van der Waals surface area contributed by atoms with Crippen LogP contribution in [0.5, 0.6) is 11.5 Å². The van der Waals surface area contributed by atoms with Gasteiger partial charge < -0.3 is 24.4 Å². The third kappa shape index (κ3) is 5.03. The van der Waals surface area contributed by atoms with Crippen LogP contribution in [0, 0.1) is 6.92 Å². The number of amides is 1. The molecule has 1 heterocycles. The van der Waals surface area contributed by atoms with Gasteiger partial charge in [0.05, 0.1) is 24.8 Å². The van der Waals surface area contributed by atoms with E-state index < -0.39 is 17.7 Å². The molecule has 2 aromatic carbocycles. The first kappa shape index (κ1) is 24.3. The number of ketones is 1. The molecule has 7 nitrogen and oxygen atoms in total. The monoisotopic (exact) mass is 452 g/mol. The summed E-state index contributed by atoms with van der Waals surface area (Å²) in [7, 11) is 5.38. The molecule has 1 atom stereocenters. The summed E-state index contributed by atoms with van der Waals surface area (Å²) in [5, 5.41) is 11.3. The number of benzene rings is 2. The average Bonchev–Trinajstić information content (AvgIpc) is 3.01. The number of para-hydroxylation sites is 1. The molecule has 1 aliphatic rings. The molecule has 0 aliphatic carbocycles. The molecule has 2 aromatic rings. The zero-order chi connectivity index (χ0) is 24.3. The highest BCUT2D eigenvalue weighted by Gasteiger charge is 2.47. The zero-order valence-electron chi connectivity index (χ0n) is 20.1. The molecule has 0 bridgehead atoms. The molecular weight excluding hydrogens is 420 g/mol. The number of hydrogen-bond acceptors (Lipinski definition) is 6. The Hall–Kier alpha value is -3.32. The number of likely N-dealkylation sites (N-methyl/N-ethyl adjacent to an activating group) is 1. The van der Waals surface area contributed by atoms with Crippen LogP contribution in [0.1, 0.15) is 36.6 Å². The van der Waals surface area contributed by atoms with E-state index in [4.69, 9.17) is 9.47 Å². The maximum Gasteiger partial charge on any atom is 0.295 e. The topological polar surface area (TPSA) is 79.3 Å². The van der Waals surface area contributed by atoms with Crippen LogP contribution in [0.3, 0.4) is 0 Å². The van der Waals surface area contributed by atoms with Crippen molar-refractivity contribution in [3.63, 3.8) is 0 Å². The Morgan fingerprint density at radius 3 is 2.45 bits per heavy atom. The van der Waals surface area contributed by atoms with E-state index >= 15 is 0 Å². The smallest absolute Gasteiger partial charge is 0.295 e. The van der Waals surface area contributed by atoms with Gasteiger partial charge in [-0.3, -0.25) is 9.59 Å². The van der Waals surface area contributed by atoms with Crippen LogP contribution in [0.2, 0.25) is 0 Å². The number of ether oxygens (including phenoxy) is 2. The fourth-order valence-corrected chi connectivity index (χ4v) is 3.98. The Balaban J connectivity index is 2.22. The van der Waals surface area contributed by atoms with Crippen LogP contribution in [0.25, 0.3) is 5.76 Å². The predicted molar refractivity (Wildman–Crippen MR) is 128 cm³/mol. The van der Waals surface area contributed by atoms with Crippen LogP contribution in [0.4, 0.5) is 0 Å². The molecule has 1 fully saturated rings. The van der Waals surface area contributed by atoms with E-state index in [1.54, 1.807) is 25.3 Å². The van der Waals surface area contributed by atoms with Gasteiger partial charge in [0.15, 0.2) is 0 Å². The molecule has 1 unspecified atom stereocenters. The number of rotatable bonds is 8. The van der Waals surface area contributed by atoms with Gasteiger partial charge in [0.2, 0.25) is 0 Å². The molecule has 0 saturated carbocycles. The summed E-state index contributed by atoms with van der Waals surface area (Å²) in [6, 6.07) is 11.8. The van der Waals surface area contributed by atoms with Gasteiger partial charge >= 0.3 is 0 Å². The minimum Gasteiger partial charge on any atom is -0.507 e. The van der Waals surface area contributed by atoms with Crippen molar-refractivity contribution in [3.05, 3.63) is 64.7 Å². The summed E-state index contributed by atoms with van der Waals surface area (Å²) in [5.74, 6) is -0.320. The van der Waals surface area contributed by atoms with E-state index in [0.717, 1.165) is 5.56 Å². The lowest BCUT2D eigenvalue weighted by atomic mass is 9.93. The maximum atomic E-state index is 13.2. The summed E-state index contributed by atoms with van der Waals surface area (Å²) >= 11 is 0. The van der Waals surface area contributed by atoms with E-state index in [2.05, 4.69) is 0 Å². The van der Waals surface area contributed by atoms with Gasteiger partial charge in [-0.1, -0.05) is 18.2 Å². The Kier molecular flexibility index (Phi) is 7.43. The summed E-state index contributed by atoms with van der Waals surface area (Å²) < 4.78 is 11.3. The van der Waals surface area contributed by atoms with E-state index in [1.165, 1.54) is 4.90 Å². The Morgan fingerprint density at radius 2 is 1.85 bits per heavy atom. The number of carbonyl (C=O) groups excluding carboxylic acids is 2. The summed E-state index contributed by atoms with van der Waals surface area (Å²) in [6.07, 6.45) is -0.0981. The zero-order valence-corrected chi connectivity index (χ0v) is 20.1. The van der Waals surface area contributed by atoms with Gasteiger partial charge in [0.1, 0.15) is 17.3 Å². The van der Waals surface area contributed by atoms with Crippen LogP contribution in [-0.4, -0.2) is 67.0 Å². The normalized spacial score (nSPS) is 17.8. The minimum atomic E-state index is -0.763. The third-order valence-corrected chi connectivity index (χ3v) is 5.59. The molecular formula is C26H32N2O5. The number of aliphatic hydroxyl groups excluding tert-OH is 1. The molecule has 7 heteroatoms. The van der Waals surface area contributed by atoms with Crippen molar-refractivity contribution < 1.29 is 24.2 Å². The van der Waals surface area contributed by atoms with Gasteiger partial charge in [0, 0.05) is 24.2 Å². The second-order valence-electron chi connectivity index (χ2n) is 8.68. The van der Waals surface area contributed by atoms with Gasteiger partial charge in [0.25, 0.3) is 11.7 Å². The van der Waals surface area contributed by atoms with Crippen LogP contribution < -0.4 is 9.47 Å². The quantitative estimate of drug-likeness (QED) is 0.373. The number of Topliss-reactive ketones (excluding diaryl/α,β-unsaturated/α-hetero) is 1. The molecule has 33 heavy (non-hydrogen) atoms. The fraction of sp³-hybridized carbons (Fsp3) is 0.385. The van der Waals surface area contributed by atoms with Crippen molar-refractivity contribution in [2.75, 3.05) is 34.3 Å². The number of carbonyl (C=O) groups is 2. The predicted octanol–water partition coefficient (Wildman–Crippen LogP) is 3.77. The van der Waals surface area contributed by atoms with Gasteiger partial charge in [-0.15, -0.1) is 0 Å². The van der Waals surface area contributed by atoms with E-state index in [0.29, 0.717) is 35.7 Å². The lowest BCUT2D eigenvalue weighted by molar-refractivity contribution is -0.140. The first-order valence-corrected chi connectivity index (χ1v) is 11.0. The molecule has 0 spiro atoms. The number of likely N-dealkylation sites (tertiary alicyclic amines) is 1. The van der Waals surface area contributed by atoms with Gasteiger partial charge in [-0.05, 0) is 64.7 Å². The van der Waals surface area contributed by atoms with Crippen LogP contribution in [-0.2, 0) is 9.59 Å². The average molecular weight is 453 g/mol. The number of aliphatic hydroxyl groups is 1. The van der Waals surface area contributed by atoms with Gasteiger partial charge in [-0.2, -0.15) is 0 Å². The molecule has 1 N–H and O–H groups in total. The third-order valence-electron chi connectivity index (χ3n) is 5.59. The highest BCUT2D eigenvalue weighted by molar-refractivity contribution is 6.46.